The van der Waals surface area contributed by atoms with Crippen LogP contribution in [0.3, 0.4) is 0 Å². The summed E-state index contributed by atoms with van der Waals surface area (Å²) in [4.78, 5) is 12.1. The predicted octanol–water partition coefficient (Wildman–Crippen LogP) is 4.87. The molecule has 2 rings (SSSR count). The lowest BCUT2D eigenvalue weighted by molar-refractivity contribution is 0.0487. The molecule has 0 aliphatic heterocycles. The molecule has 0 saturated carbocycles. The molecular weight excluding hydrogens is 324 g/mol. The molecule has 26 heavy (non-hydrogen) atoms. The van der Waals surface area contributed by atoms with Gasteiger partial charge >= 0.3 is 6.09 Å². The predicted molar refractivity (Wildman–Crippen MR) is 108 cm³/mol. The van der Waals surface area contributed by atoms with E-state index in [9.17, 15) is 4.79 Å². The average Bonchev–Trinajstić information content (AvgIpc) is 2.58. The highest BCUT2D eigenvalue weighted by Crippen LogP contribution is 2.18. The molecule has 0 saturated heterocycles. The number of alkyl carbamates (subject to hydrolysis) is 1. The van der Waals surface area contributed by atoms with Crippen LogP contribution in [0.4, 0.5) is 4.79 Å². The Balaban J connectivity index is 1.97. The fraction of sp³-hybridized carbons (Fsp3) is 0.500. The molecule has 2 aromatic carbocycles. The van der Waals surface area contributed by atoms with E-state index in [1.165, 1.54) is 16.3 Å². The Hall–Kier alpha value is -2.07. The van der Waals surface area contributed by atoms with Gasteiger partial charge in [-0.05, 0) is 43.0 Å². The van der Waals surface area contributed by atoms with Crippen molar-refractivity contribution >= 4 is 16.9 Å². The number of benzene rings is 2. The molecular formula is C22H32N2O2. The van der Waals surface area contributed by atoms with Gasteiger partial charge in [0.25, 0.3) is 0 Å². The van der Waals surface area contributed by atoms with Gasteiger partial charge in [0.1, 0.15) is 5.60 Å². The maximum atomic E-state index is 12.1. The highest BCUT2D eigenvalue weighted by Gasteiger charge is 2.22. The van der Waals surface area contributed by atoms with Gasteiger partial charge in [0.05, 0.1) is 0 Å². The third kappa shape index (κ3) is 6.03. The Kier molecular flexibility index (Phi) is 7.04. The second kappa shape index (κ2) is 9.04. The summed E-state index contributed by atoms with van der Waals surface area (Å²) in [5.41, 5.74) is 0.781. The number of hydrogen-bond donors (Lipinski definition) is 2. The monoisotopic (exact) mass is 356 g/mol. The first-order valence-electron chi connectivity index (χ1n) is 9.47. The molecule has 0 heterocycles. The number of rotatable bonds is 7. The van der Waals surface area contributed by atoms with Gasteiger partial charge in [0.15, 0.2) is 0 Å². The topological polar surface area (TPSA) is 50.4 Å². The van der Waals surface area contributed by atoms with Crippen LogP contribution in [0.2, 0.25) is 0 Å². The van der Waals surface area contributed by atoms with Gasteiger partial charge in [-0.15, -0.1) is 0 Å². The van der Waals surface area contributed by atoms with Crippen molar-refractivity contribution in [1.82, 2.24) is 10.6 Å². The Morgan fingerprint density at radius 2 is 1.81 bits per heavy atom. The first-order valence-corrected chi connectivity index (χ1v) is 9.47. The van der Waals surface area contributed by atoms with Crippen molar-refractivity contribution in [3.8, 4) is 0 Å². The van der Waals surface area contributed by atoms with Gasteiger partial charge < -0.3 is 15.4 Å². The van der Waals surface area contributed by atoms with E-state index in [1.54, 1.807) is 0 Å². The zero-order valence-corrected chi connectivity index (χ0v) is 16.6. The molecule has 142 valence electrons. The molecule has 0 fully saturated rings. The number of amides is 1. The van der Waals surface area contributed by atoms with Crippen molar-refractivity contribution in [3.63, 3.8) is 0 Å². The van der Waals surface area contributed by atoms with Gasteiger partial charge in [-0.25, -0.2) is 4.79 Å². The molecule has 0 unspecified atom stereocenters. The number of ether oxygens (including phenoxy) is 1. The van der Waals surface area contributed by atoms with E-state index in [2.05, 4.69) is 66.9 Å². The van der Waals surface area contributed by atoms with Gasteiger partial charge in [-0.1, -0.05) is 62.7 Å². The van der Waals surface area contributed by atoms with E-state index in [0.29, 0.717) is 12.5 Å². The van der Waals surface area contributed by atoms with Crippen LogP contribution in [0.1, 0.15) is 46.6 Å². The quantitative estimate of drug-likeness (QED) is 0.744. The molecule has 2 N–H and O–H groups in total. The van der Waals surface area contributed by atoms with Crippen LogP contribution in [-0.2, 0) is 11.3 Å². The van der Waals surface area contributed by atoms with Crippen molar-refractivity contribution in [2.45, 2.75) is 59.2 Å². The van der Waals surface area contributed by atoms with Gasteiger partial charge in [-0.3, -0.25) is 0 Å². The zero-order chi connectivity index (χ0) is 19.2. The first kappa shape index (κ1) is 20.2. The molecule has 1 amide bonds. The van der Waals surface area contributed by atoms with Crippen molar-refractivity contribution in [2.24, 2.45) is 5.92 Å². The lowest BCUT2D eigenvalue weighted by Gasteiger charge is -2.27. The summed E-state index contributed by atoms with van der Waals surface area (Å²) in [6.07, 6.45) is 0.644. The summed E-state index contributed by atoms with van der Waals surface area (Å²) < 4.78 is 5.41. The van der Waals surface area contributed by atoms with Crippen LogP contribution in [0.5, 0.6) is 0 Å². The molecule has 2 atom stereocenters. The lowest BCUT2D eigenvalue weighted by atomic mass is 9.99. The van der Waals surface area contributed by atoms with E-state index in [-0.39, 0.29) is 12.1 Å². The SMILES string of the molecule is CC[C@H](C)[C@@H](CNCc1cccc2ccccc12)NC(=O)OC(C)(C)C. The number of carbonyl (C=O) groups is 1. The van der Waals surface area contributed by atoms with Crippen LogP contribution >= 0.6 is 0 Å². The molecule has 0 bridgehead atoms. The van der Waals surface area contributed by atoms with E-state index in [1.807, 2.05) is 20.8 Å². The molecule has 2 aromatic rings. The molecule has 0 aliphatic rings. The fourth-order valence-electron chi connectivity index (χ4n) is 2.95. The molecule has 0 radical (unpaired) electrons. The van der Waals surface area contributed by atoms with Crippen LogP contribution in [0.25, 0.3) is 10.8 Å². The maximum absolute atomic E-state index is 12.1. The van der Waals surface area contributed by atoms with E-state index in [4.69, 9.17) is 4.74 Å². The van der Waals surface area contributed by atoms with Crippen molar-refractivity contribution in [2.75, 3.05) is 6.54 Å². The lowest BCUT2D eigenvalue weighted by Crippen LogP contribution is -2.47. The van der Waals surface area contributed by atoms with Crippen molar-refractivity contribution < 1.29 is 9.53 Å². The minimum Gasteiger partial charge on any atom is -0.444 e. The highest BCUT2D eigenvalue weighted by molar-refractivity contribution is 5.85. The molecule has 4 heteroatoms. The third-order valence-electron chi connectivity index (χ3n) is 4.59. The minimum absolute atomic E-state index is 0.0322. The van der Waals surface area contributed by atoms with Gasteiger partial charge in [-0.2, -0.15) is 0 Å². The Labute approximate surface area is 157 Å². The number of nitrogens with one attached hydrogen (secondary N) is 2. The van der Waals surface area contributed by atoms with Crippen molar-refractivity contribution in [3.05, 3.63) is 48.0 Å². The normalized spacial score (nSPS) is 14.0. The maximum Gasteiger partial charge on any atom is 0.407 e. The minimum atomic E-state index is -0.486. The van der Waals surface area contributed by atoms with Crippen LogP contribution in [0, 0.1) is 5.92 Å². The van der Waals surface area contributed by atoms with Crippen LogP contribution in [0.15, 0.2) is 42.5 Å². The molecule has 0 aliphatic carbocycles. The van der Waals surface area contributed by atoms with Gasteiger partial charge in [0.2, 0.25) is 0 Å². The summed E-state index contributed by atoms with van der Waals surface area (Å²) in [7, 11) is 0. The summed E-state index contributed by atoms with van der Waals surface area (Å²) in [5, 5.41) is 9.04. The summed E-state index contributed by atoms with van der Waals surface area (Å²) in [6.45, 7) is 11.4. The van der Waals surface area contributed by atoms with Crippen LogP contribution in [-0.4, -0.2) is 24.3 Å². The highest BCUT2D eigenvalue weighted by atomic mass is 16.6. The smallest absolute Gasteiger partial charge is 0.407 e. The Morgan fingerprint density at radius 3 is 2.50 bits per heavy atom. The second-order valence-corrected chi connectivity index (χ2v) is 7.91. The fourth-order valence-corrected chi connectivity index (χ4v) is 2.95. The molecule has 0 aromatic heterocycles. The summed E-state index contributed by atoms with van der Waals surface area (Å²) in [6, 6.07) is 14.8. The second-order valence-electron chi connectivity index (χ2n) is 7.91. The van der Waals surface area contributed by atoms with Crippen LogP contribution < -0.4 is 10.6 Å². The standard InChI is InChI=1S/C22H32N2O2/c1-6-16(2)20(24-21(25)26-22(3,4)5)15-23-14-18-12-9-11-17-10-7-8-13-19(17)18/h7-13,16,20,23H,6,14-15H2,1-5H3,(H,24,25)/t16-,20+/m0/s1. The molecule has 4 nitrogen and oxygen atoms in total. The van der Waals surface area contributed by atoms with E-state index in [0.717, 1.165) is 13.0 Å². The van der Waals surface area contributed by atoms with E-state index >= 15 is 0 Å². The molecule has 0 spiro atoms. The average molecular weight is 357 g/mol. The summed E-state index contributed by atoms with van der Waals surface area (Å²) in [5.74, 6) is 0.363. The van der Waals surface area contributed by atoms with E-state index < -0.39 is 5.60 Å². The van der Waals surface area contributed by atoms with Crippen molar-refractivity contribution in [1.29, 1.82) is 0 Å². The summed E-state index contributed by atoms with van der Waals surface area (Å²) >= 11 is 0. The largest absolute Gasteiger partial charge is 0.444 e. The third-order valence-corrected chi connectivity index (χ3v) is 4.59. The van der Waals surface area contributed by atoms with Gasteiger partial charge in [0, 0.05) is 19.1 Å². The number of carbonyl (C=O) groups excluding carboxylic acids is 1. The Morgan fingerprint density at radius 1 is 1.12 bits per heavy atom. The zero-order valence-electron chi connectivity index (χ0n) is 16.6. The number of hydrogen-bond acceptors (Lipinski definition) is 3. The number of fused-ring (bicyclic) bond motifs is 1. The first-order chi connectivity index (χ1) is 12.3. The Bertz CT molecular complexity index is 716.